The molecule has 20 heavy (non-hydrogen) atoms. The smallest absolute Gasteiger partial charge is 0.262 e. The van der Waals surface area contributed by atoms with Crippen LogP contribution in [0.15, 0.2) is 53.4 Å². The van der Waals surface area contributed by atoms with E-state index in [1.165, 1.54) is 25.3 Å². The van der Waals surface area contributed by atoms with Gasteiger partial charge in [0.15, 0.2) is 0 Å². The van der Waals surface area contributed by atoms with Gasteiger partial charge in [-0.1, -0.05) is 18.2 Å². The first-order chi connectivity index (χ1) is 9.56. The molecule has 0 unspecified atom stereocenters. The number of nitriles is 1. The van der Waals surface area contributed by atoms with Gasteiger partial charge in [0.1, 0.15) is 11.8 Å². The first-order valence-corrected chi connectivity index (χ1v) is 7.21. The number of para-hydroxylation sites is 1. The van der Waals surface area contributed by atoms with Gasteiger partial charge in [-0.05, 0) is 24.3 Å². The number of nitrogens with zero attached hydrogens (tertiary/aromatic N) is 1. The van der Waals surface area contributed by atoms with Gasteiger partial charge in [0.2, 0.25) is 0 Å². The van der Waals surface area contributed by atoms with Crippen molar-refractivity contribution in [1.82, 2.24) is 0 Å². The summed E-state index contributed by atoms with van der Waals surface area (Å²) in [4.78, 5) is 0.0737. The summed E-state index contributed by atoms with van der Waals surface area (Å²) in [6.45, 7) is 0. The van der Waals surface area contributed by atoms with E-state index in [1.54, 1.807) is 30.3 Å². The maximum Gasteiger partial charge on any atom is 0.262 e. The molecule has 102 valence electrons. The van der Waals surface area contributed by atoms with E-state index in [0.29, 0.717) is 5.75 Å². The van der Waals surface area contributed by atoms with Gasteiger partial charge < -0.3 is 4.74 Å². The number of benzene rings is 2. The largest absolute Gasteiger partial charge is 0.497 e. The van der Waals surface area contributed by atoms with Crippen LogP contribution >= 0.6 is 0 Å². The fraction of sp³-hybridized carbons (Fsp3) is 0.0714. The summed E-state index contributed by atoms with van der Waals surface area (Å²) in [6.07, 6.45) is 0. The summed E-state index contributed by atoms with van der Waals surface area (Å²) in [6, 6.07) is 14.5. The summed E-state index contributed by atoms with van der Waals surface area (Å²) < 4.78 is 31.9. The third-order valence-electron chi connectivity index (χ3n) is 2.64. The lowest BCUT2D eigenvalue weighted by atomic mass is 10.2. The molecule has 0 fully saturated rings. The van der Waals surface area contributed by atoms with Crippen molar-refractivity contribution in [2.75, 3.05) is 11.8 Å². The normalized spacial score (nSPS) is 10.6. The Balaban J connectivity index is 2.39. The average Bonchev–Trinajstić information content (AvgIpc) is 2.47. The zero-order chi connectivity index (χ0) is 14.6. The van der Waals surface area contributed by atoms with Crippen LogP contribution < -0.4 is 9.46 Å². The van der Waals surface area contributed by atoms with E-state index in [4.69, 9.17) is 10.00 Å². The minimum absolute atomic E-state index is 0.0737. The lowest BCUT2D eigenvalue weighted by molar-refractivity contribution is 0.413. The molecule has 1 N–H and O–H groups in total. The summed E-state index contributed by atoms with van der Waals surface area (Å²) in [5.41, 5.74) is 0.511. The number of nitrogens with one attached hydrogen (secondary N) is 1. The van der Waals surface area contributed by atoms with Crippen LogP contribution in [0.2, 0.25) is 0 Å². The van der Waals surface area contributed by atoms with Crippen molar-refractivity contribution in [1.29, 1.82) is 5.26 Å². The molecule has 0 aromatic heterocycles. The van der Waals surface area contributed by atoms with Crippen LogP contribution in [0, 0.1) is 11.3 Å². The van der Waals surface area contributed by atoms with E-state index in [-0.39, 0.29) is 16.1 Å². The molecule has 0 aliphatic heterocycles. The van der Waals surface area contributed by atoms with E-state index in [1.807, 2.05) is 6.07 Å². The van der Waals surface area contributed by atoms with Crippen LogP contribution in [-0.4, -0.2) is 15.5 Å². The van der Waals surface area contributed by atoms with Crippen molar-refractivity contribution < 1.29 is 13.2 Å². The summed E-state index contributed by atoms with van der Waals surface area (Å²) in [5, 5.41) is 8.96. The molecule has 5 nitrogen and oxygen atoms in total. The first kappa shape index (κ1) is 13.9. The Morgan fingerprint density at radius 1 is 1.15 bits per heavy atom. The van der Waals surface area contributed by atoms with Crippen LogP contribution in [-0.2, 0) is 10.0 Å². The summed E-state index contributed by atoms with van der Waals surface area (Å²) >= 11 is 0. The second-order valence-electron chi connectivity index (χ2n) is 3.94. The van der Waals surface area contributed by atoms with Crippen molar-refractivity contribution in [2.24, 2.45) is 0 Å². The molecule has 2 aromatic carbocycles. The molecule has 0 aliphatic rings. The maximum absolute atomic E-state index is 12.3. The zero-order valence-corrected chi connectivity index (χ0v) is 11.5. The van der Waals surface area contributed by atoms with Crippen molar-refractivity contribution in [3.63, 3.8) is 0 Å². The molecule has 0 radical (unpaired) electrons. The Bertz CT molecular complexity index is 764. The second-order valence-corrected chi connectivity index (χ2v) is 5.62. The van der Waals surface area contributed by atoms with E-state index < -0.39 is 10.0 Å². The standard InChI is InChI=1S/C14H12N2O3S/c1-19-12-6-4-7-13(9-12)20(17,18)16-14-8-3-2-5-11(14)10-15/h2-9,16H,1H3. The maximum atomic E-state index is 12.3. The third-order valence-corrected chi connectivity index (χ3v) is 4.01. The van der Waals surface area contributed by atoms with Crippen molar-refractivity contribution in [2.45, 2.75) is 4.90 Å². The predicted octanol–water partition coefficient (Wildman–Crippen LogP) is 2.37. The molecule has 2 rings (SSSR count). The van der Waals surface area contributed by atoms with Crippen LogP contribution in [0.3, 0.4) is 0 Å². The third kappa shape index (κ3) is 2.90. The quantitative estimate of drug-likeness (QED) is 0.936. The van der Waals surface area contributed by atoms with E-state index >= 15 is 0 Å². The van der Waals surface area contributed by atoms with Crippen LogP contribution in [0.4, 0.5) is 5.69 Å². The monoisotopic (exact) mass is 288 g/mol. The molecule has 0 spiro atoms. The molecular weight excluding hydrogens is 276 g/mol. The molecule has 6 heteroatoms. The van der Waals surface area contributed by atoms with E-state index in [2.05, 4.69) is 4.72 Å². The summed E-state index contributed by atoms with van der Waals surface area (Å²) in [5.74, 6) is 0.446. The molecule has 2 aromatic rings. The van der Waals surface area contributed by atoms with Gasteiger partial charge in [-0.25, -0.2) is 8.42 Å². The number of hydrogen-bond acceptors (Lipinski definition) is 4. The fourth-order valence-electron chi connectivity index (χ4n) is 1.64. The van der Waals surface area contributed by atoms with Crippen LogP contribution in [0.5, 0.6) is 5.75 Å². The van der Waals surface area contributed by atoms with Gasteiger partial charge in [-0.15, -0.1) is 0 Å². The Hall–Kier alpha value is -2.52. The minimum Gasteiger partial charge on any atom is -0.497 e. The summed E-state index contributed by atoms with van der Waals surface area (Å²) in [7, 11) is -2.30. The molecule has 0 amide bonds. The number of ether oxygens (including phenoxy) is 1. The first-order valence-electron chi connectivity index (χ1n) is 5.73. The van der Waals surface area contributed by atoms with E-state index in [9.17, 15) is 8.42 Å². The highest BCUT2D eigenvalue weighted by Gasteiger charge is 2.16. The number of sulfonamides is 1. The van der Waals surface area contributed by atoms with Gasteiger partial charge in [-0.3, -0.25) is 4.72 Å². The minimum atomic E-state index is -3.76. The van der Waals surface area contributed by atoms with Crippen molar-refractivity contribution >= 4 is 15.7 Å². The topological polar surface area (TPSA) is 79.2 Å². The van der Waals surface area contributed by atoms with Gasteiger partial charge in [0.25, 0.3) is 10.0 Å². The number of methoxy groups -OCH3 is 1. The lowest BCUT2D eigenvalue weighted by Crippen LogP contribution is -2.13. The SMILES string of the molecule is COc1cccc(S(=O)(=O)Nc2ccccc2C#N)c1. The molecule has 0 bridgehead atoms. The zero-order valence-electron chi connectivity index (χ0n) is 10.7. The van der Waals surface area contributed by atoms with Gasteiger partial charge >= 0.3 is 0 Å². The van der Waals surface area contributed by atoms with Crippen molar-refractivity contribution in [3.8, 4) is 11.8 Å². The van der Waals surface area contributed by atoms with Gasteiger partial charge in [0, 0.05) is 6.07 Å². The van der Waals surface area contributed by atoms with E-state index in [0.717, 1.165) is 0 Å². The Labute approximate surface area is 117 Å². The molecule has 0 atom stereocenters. The Morgan fingerprint density at radius 2 is 1.90 bits per heavy atom. The molecule has 0 heterocycles. The van der Waals surface area contributed by atoms with Crippen LogP contribution in [0.1, 0.15) is 5.56 Å². The number of hydrogen-bond donors (Lipinski definition) is 1. The Morgan fingerprint density at radius 3 is 2.60 bits per heavy atom. The highest BCUT2D eigenvalue weighted by atomic mass is 32.2. The molecule has 0 saturated heterocycles. The highest BCUT2D eigenvalue weighted by Crippen LogP contribution is 2.22. The predicted molar refractivity (Wildman–Crippen MR) is 75.0 cm³/mol. The van der Waals surface area contributed by atoms with Gasteiger partial charge in [0.05, 0.1) is 23.3 Å². The number of rotatable bonds is 4. The second kappa shape index (κ2) is 5.63. The van der Waals surface area contributed by atoms with Crippen molar-refractivity contribution in [3.05, 3.63) is 54.1 Å². The highest BCUT2D eigenvalue weighted by molar-refractivity contribution is 7.92. The Kier molecular flexibility index (Phi) is 3.91. The van der Waals surface area contributed by atoms with Gasteiger partial charge in [-0.2, -0.15) is 5.26 Å². The molecule has 0 saturated carbocycles. The molecule has 0 aliphatic carbocycles. The molecular formula is C14H12N2O3S. The van der Waals surface area contributed by atoms with Crippen LogP contribution in [0.25, 0.3) is 0 Å². The fourth-order valence-corrected chi connectivity index (χ4v) is 2.76. The lowest BCUT2D eigenvalue weighted by Gasteiger charge is -2.10. The number of anilines is 1. The average molecular weight is 288 g/mol.